The zero-order valence-electron chi connectivity index (χ0n) is 16.1. The smallest absolute Gasteiger partial charge is 0.251 e. The lowest BCUT2D eigenvalue weighted by Crippen LogP contribution is -2.45. The molecular weight excluding hydrogens is 348 g/mol. The standard InChI is InChI=1S/C20H32N2O3S/c1-4-5-6-16-7-9-17(10-8-16)20(23)21-18-11-13-19(14-12-18)22-26(24,25)15(2)3/h7-10,15,18-19,22H,4-6,11-14H2,1-3H3,(H,21,23). The second kappa shape index (κ2) is 9.51. The van der Waals surface area contributed by atoms with Gasteiger partial charge < -0.3 is 5.32 Å². The summed E-state index contributed by atoms with van der Waals surface area (Å²) in [5.41, 5.74) is 1.95. The summed E-state index contributed by atoms with van der Waals surface area (Å²) in [7, 11) is -3.23. The minimum absolute atomic E-state index is 0.0200. The lowest BCUT2D eigenvalue weighted by atomic mass is 9.91. The van der Waals surface area contributed by atoms with Crippen LogP contribution < -0.4 is 10.0 Å². The first-order valence-electron chi connectivity index (χ1n) is 9.72. The maximum absolute atomic E-state index is 12.4. The predicted octanol–water partition coefficient (Wildman–Crippen LogP) is 3.40. The summed E-state index contributed by atoms with van der Waals surface area (Å²) in [5.74, 6) is -0.0433. The van der Waals surface area contributed by atoms with Gasteiger partial charge in [0.1, 0.15) is 0 Å². The summed E-state index contributed by atoms with van der Waals surface area (Å²) >= 11 is 0. The average molecular weight is 381 g/mol. The second-order valence-corrected chi connectivity index (χ2v) is 9.80. The van der Waals surface area contributed by atoms with Crippen molar-refractivity contribution in [1.82, 2.24) is 10.0 Å². The van der Waals surface area contributed by atoms with Crippen LogP contribution in [0.2, 0.25) is 0 Å². The molecule has 1 aliphatic rings. The zero-order valence-corrected chi connectivity index (χ0v) is 16.9. The molecule has 5 nitrogen and oxygen atoms in total. The van der Waals surface area contributed by atoms with Crippen molar-refractivity contribution in [2.45, 2.75) is 83.1 Å². The Balaban J connectivity index is 1.80. The van der Waals surface area contributed by atoms with Crippen molar-refractivity contribution < 1.29 is 13.2 Å². The molecule has 0 aliphatic heterocycles. The summed E-state index contributed by atoms with van der Waals surface area (Å²) < 4.78 is 26.7. The molecule has 2 N–H and O–H groups in total. The molecule has 0 atom stereocenters. The SMILES string of the molecule is CCCCc1ccc(C(=O)NC2CCC(NS(=O)(=O)C(C)C)CC2)cc1. The minimum atomic E-state index is -3.23. The van der Waals surface area contributed by atoms with E-state index in [-0.39, 0.29) is 18.0 Å². The molecule has 6 heteroatoms. The molecule has 1 fully saturated rings. The maximum Gasteiger partial charge on any atom is 0.251 e. The molecule has 0 unspecified atom stereocenters. The van der Waals surface area contributed by atoms with Crippen LogP contribution in [0.4, 0.5) is 0 Å². The van der Waals surface area contributed by atoms with Crippen LogP contribution in [0.25, 0.3) is 0 Å². The van der Waals surface area contributed by atoms with Crippen molar-refractivity contribution in [3.05, 3.63) is 35.4 Å². The van der Waals surface area contributed by atoms with Crippen LogP contribution in [0.3, 0.4) is 0 Å². The molecule has 26 heavy (non-hydrogen) atoms. The predicted molar refractivity (Wildman–Crippen MR) is 106 cm³/mol. The van der Waals surface area contributed by atoms with E-state index < -0.39 is 15.3 Å². The lowest BCUT2D eigenvalue weighted by molar-refractivity contribution is 0.0925. The number of rotatable bonds is 8. The lowest BCUT2D eigenvalue weighted by Gasteiger charge is -2.30. The highest BCUT2D eigenvalue weighted by Crippen LogP contribution is 2.20. The number of aryl methyl sites for hydroxylation is 1. The van der Waals surface area contributed by atoms with Crippen molar-refractivity contribution in [1.29, 1.82) is 0 Å². The third-order valence-electron chi connectivity index (χ3n) is 5.05. The van der Waals surface area contributed by atoms with E-state index >= 15 is 0 Å². The fourth-order valence-electron chi connectivity index (χ4n) is 3.20. The van der Waals surface area contributed by atoms with E-state index in [0.717, 1.165) is 44.9 Å². The molecule has 0 saturated heterocycles. The van der Waals surface area contributed by atoms with Gasteiger partial charge in [0.05, 0.1) is 5.25 Å². The first-order valence-corrected chi connectivity index (χ1v) is 11.3. The molecule has 1 aromatic carbocycles. The Kier molecular flexibility index (Phi) is 7.65. The Morgan fingerprint density at radius 1 is 1.08 bits per heavy atom. The van der Waals surface area contributed by atoms with Gasteiger partial charge in [0.25, 0.3) is 5.91 Å². The van der Waals surface area contributed by atoms with E-state index in [4.69, 9.17) is 0 Å². The fraction of sp³-hybridized carbons (Fsp3) is 0.650. The van der Waals surface area contributed by atoms with Crippen LogP contribution in [-0.4, -0.2) is 31.7 Å². The Labute approximate surface area is 158 Å². The topological polar surface area (TPSA) is 75.3 Å². The summed E-state index contributed by atoms with van der Waals surface area (Å²) in [5, 5.41) is 2.67. The van der Waals surface area contributed by atoms with Crippen LogP contribution in [0.5, 0.6) is 0 Å². The van der Waals surface area contributed by atoms with Crippen LogP contribution >= 0.6 is 0 Å². The largest absolute Gasteiger partial charge is 0.349 e. The first kappa shape index (κ1) is 20.9. The normalized spacial score (nSPS) is 20.9. The fourth-order valence-corrected chi connectivity index (χ4v) is 4.17. The van der Waals surface area contributed by atoms with Gasteiger partial charge in [-0.25, -0.2) is 13.1 Å². The number of sulfonamides is 1. The van der Waals surface area contributed by atoms with Crippen molar-refractivity contribution in [2.24, 2.45) is 0 Å². The van der Waals surface area contributed by atoms with E-state index in [2.05, 4.69) is 17.0 Å². The van der Waals surface area contributed by atoms with Gasteiger partial charge in [-0.2, -0.15) is 0 Å². The first-order chi connectivity index (χ1) is 12.3. The second-order valence-electron chi connectivity index (χ2n) is 7.53. The highest BCUT2D eigenvalue weighted by atomic mass is 32.2. The highest BCUT2D eigenvalue weighted by Gasteiger charge is 2.27. The van der Waals surface area contributed by atoms with E-state index in [1.165, 1.54) is 5.56 Å². The maximum atomic E-state index is 12.4. The molecule has 0 heterocycles. The highest BCUT2D eigenvalue weighted by molar-refractivity contribution is 7.90. The van der Waals surface area contributed by atoms with Gasteiger partial charge in [0.15, 0.2) is 0 Å². The van der Waals surface area contributed by atoms with Crippen LogP contribution in [0, 0.1) is 0 Å². The van der Waals surface area contributed by atoms with Crippen LogP contribution in [-0.2, 0) is 16.4 Å². The number of carbonyl (C=O) groups is 1. The van der Waals surface area contributed by atoms with Crippen LogP contribution in [0.15, 0.2) is 24.3 Å². The van der Waals surface area contributed by atoms with Crippen molar-refractivity contribution in [3.63, 3.8) is 0 Å². The molecule has 146 valence electrons. The van der Waals surface area contributed by atoms with E-state index in [1.807, 2.05) is 24.3 Å². The molecule has 0 aromatic heterocycles. The zero-order chi connectivity index (χ0) is 19.2. The number of nitrogens with one attached hydrogen (secondary N) is 2. The molecule has 1 aromatic rings. The van der Waals surface area contributed by atoms with E-state index in [9.17, 15) is 13.2 Å². The summed E-state index contributed by atoms with van der Waals surface area (Å²) in [6, 6.07) is 7.94. The number of benzene rings is 1. The van der Waals surface area contributed by atoms with Gasteiger partial charge in [-0.1, -0.05) is 25.5 Å². The summed E-state index contributed by atoms with van der Waals surface area (Å²) in [6.45, 7) is 5.54. The minimum Gasteiger partial charge on any atom is -0.349 e. The monoisotopic (exact) mass is 380 g/mol. The quantitative estimate of drug-likeness (QED) is 0.726. The molecule has 2 rings (SSSR count). The Bertz CT molecular complexity index is 676. The molecule has 1 saturated carbocycles. The molecule has 0 radical (unpaired) electrons. The van der Waals surface area contributed by atoms with Crippen LogP contribution in [0.1, 0.15) is 75.2 Å². The van der Waals surface area contributed by atoms with Crippen molar-refractivity contribution in [2.75, 3.05) is 0 Å². The van der Waals surface area contributed by atoms with E-state index in [0.29, 0.717) is 5.56 Å². The van der Waals surface area contributed by atoms with Gasteiger partial charge in [0, 0.05) is 17.6 Å². The number of hydrogen-bond acceptors (Lipinski definition) is 3. The Morgan fingerprint density at radius 2 is 1.65 bits per heavy atom. The van der Waals surface area contributed by atoms with Gasteiger partial charge in [-0.05, 0) is 70.1 Å². The van der Waals surface area contributed by atoms with Crippen molar-refractivity contribution >= 4 is 15.9 Å². The molecule has 0 bridgehead atoms. The summed E-state index contributed by atoms with van der Waals surface area (Å²) in [4.78, 5) is 12.4. The molecular formula is C20H32N2O3S. The average Bonchev–Trinajstić information content (AvgIpc) is 2.61. The molecule has 1 amide bonds. The Hall–Kier alpha value is -1.40. The number of carbonyl (C=O) groups excluding carboxylic acids is 1. The Morgan fingerprint density at radius 3 is 2.19 bits per heavy atom. The van der Waals surface area contributed by atoms with E-state index in [1.54, 1.807) is 13.8 Å². The molecule has 0 spiro atoms. The number of unbranched alkanes of at least 4 members (excludes halogenated alkanes) is 1. The third kappa shape index (κ3) is 6.09. The van der Waals surface area contributed by atoms with Crippen molar-refractivity contribution in [3.8, 4) is 0 Å². The molecule has 1 aliphatic carbocycles. The number of amides is 1. The summed E-state index contributed by atoms with van der Waals surface area (Å²) in [6.07, 6.45) is 6.49. The van der Waals surface area contributed by atoms with Gasteiger partial charge >= 0.3 is 0 Å². The third-order valence-corrected chi connectivity index (χ3v) is 6.95. The van der Waals surface area contributed by atoms with Gasteiger partial charge in [-0.3, -0.25) is 4.79 Å². The van der Waals surface area contributed by atoms with Gasteiger partial charge in [-0.15, -0.1) is 0 Å². The van der Waals surface area contributed by atoms with Gasteiger partial charge in [0.2, 0.25) is 10.0 Å². The number of hydrogen-bond donors (Lipinski definition) is 2.